The summed E-state index contributed by atoms with van der Waals surface area (Å²) in [6, 6.07) is 4.27. The van der Waals surface area contributed by atoms with Gasteiger partial charge in [-0.15, -0.1) is 11.3 Å². The van der Waals surface area contributed by atoms with Gasteiger partial charge in [-0.05, 0) is 37.5 Å². The molecule has 0 spiro atoms. The number of pyridine rings is 1. The molecular formula is C18H26N4OS. The number of hydrogen-bond donors (Lipinski definition) is 0. The van der Waals surface area contributed by atoms with Crippen molar-refractivity contribution in [3.63, 3.8) is 0 Å². The number of aryl methyl sites for hydroxylation is 2. The first-order valence-electron chi connectivity index (χ1n) is 8.47. The molecule has 24 heavy (non-hydrogen) atoms. The third kappa shape index (κ3) is 4.53. The molecule has 0 unspecified atom stereocenters. The number of thiazole rings is 1. The van der Waals surface area contributed by atoms with E-state index in [1.54, 1.807) is 11.3 Å². The quantitative estimate of drug-likeness (QED) is 0.804. The van der Waals surface area contributed by atoms with Gasteiger partial charge in [-0.2, -0.15) is 0 Å². The van der Waals surface area contributed by atoms with Crippen molar-refractivity contribution in [2.24, 2.45) is 0 Å². The first-order valence-corrected chi connectivity index (χ1v) is 9.35. The van der Waals surface area contributed by atoms with E-state index in [-0.39, 0.29) is 0 Å². The standard InChI is InChI=1S/C18H26N4OS/c1-14-17(24-13-20-14)12-22-8-9-23-16(11-22)5-4-15-6-7-19-18(10-15)21(2)3/h6-7,10,13,16H,4-5,8-9,11-12H2,1-3H3/t16-/m0/s1. The fraction of sp³-hybridized carbons (Fsp3) is 0.556. The Balaban J connectivity index is 1.52. The van der Waals surface area contributed by atoms with Crippen LogP contribution < -0.4 is 4.90 Å². The summed E-state index contributed by atoms with van der Waals surface area (Å²) in [4.78, 5) is 14.6. The number of hydrogen-bond acceptors (Lipinski definition) is 6. The Labute approximate surface area is 148 Å². The molecule has 3 heterocycles. The van der Waals surface area contributed by atoms with E-state index in [1.165, 1.54) is 10.4 Å². The average Bonchev–Trinajstić information content (AvgIpc) is 2.98. The van der Waals surface area contributed by atoms with Crippen molar-refractivity contribution >= 4 is 17.2 Å². The Hall–Kier alpha value is -1.50. The van der Waals surface area contributed by atoms with Gasteiger partial charge in [-0.1, -0.05) is 0 Å². The lowest BCUT2D eigenvalue weighted by Gasteiger charge is -2.32. The molecule has 5 nitrogen and oxygen atoms in total. The monoisotopic (exact) mass is 346 g/mol. The highest BCUT2D eigenvalue weighted by Crippen LogP contribution is 2.19. The maximum absolute atomic E-state index is 5.98. The van der Waals surface area contributed by atoms with E-state index in [2.05, 4.69) is 33.9 Å². The molecule has 6 heteroatoms. The highest BCUT2D eigenvalue weighted by Gasteiger charge is 2.21. The molecule has 2 aromatic rings. The lowest BCUT2D eigenvalue weighted by Crippen LogP contribution is -2.42. The van der Waals surface area contributed by atoms with Gasteiger partial charge >= 0.3 is 0 Å². The Bertz CT molecular complexity index is 658. The lowest BCUT2D eigenvalue weighted by molar-refractivity contribution is -0.0343. The van der Waals surface area contributed by atoms with Crippen LogP contribution in [0.1, 0.15) is 22.6 Å². The van der Waals surface area contributed by atoms with E-state index in [9.17, 15) is 0 Å². The molecule has 0 bridgehead atoms. The molecule has 0 aromatic carbocycles. The fourth-order valence-corrected chi connectivity index (χ4v) is 3.79. The van der Waals surface area contributed by atoms with Crippen molar-refractivity contribution in [1.82, 2.24) is 14.9 Å². The summed E-state index contributed by atoms with van der Waals surface area (Å²) >= 11 is 1.75. The smallest absolute Gasteiger partial charge is 0.128 e. The fourth-order valence-electron chi connectivity index (χ4n) is 2.97. The van der Waals surface area contributed by atoms with E-state index >= 15 is 0 Å². The highest BCUT2D eigenvalue weighted by molar-refractivity contribution is 7.09. The zero-order chi connectivity index (χ0) is 16.9. The lowest BCUT2D eigenvalue weighted by atomic mass is 10.1. The van der Waals surface area contributed by atoms with Gasteiger partial charge in [0.05, 0.1) is 23.9 Å². The Kier molecular flexibility index (Phi) is 5.81. The largest absolute Gasteiger partial charge is 0.376 e. The molecule has 0 amide bonds. The number of nitrogens with zero attached hydrogens (tertiary/aromatic N) is 4. The molecule has 1 aliphatic rings. The Morgan fingerprint density at radius 1 is 1.38 bits per heavy atom. The molecule has 1 aliphatic heterocycles. The summed E-state index contributed by atoms with van der Waals surface area (Å²) in [7, 11) is 4.05. The van der Waals surface area contributed by atoms with Gasteiger partial charge < -0.3 is 9.64 Å². The number of ether oxygens (including phenoxy) is 1. The molecule has 3 rings (SSSR count). The normalized spacial score (nSPS) is 18.7. The van der Waals surface area contributed by atoms with E-state index in [4.69, 9.17) is 4.74 Å². The number of morpholine rings is 1. The van der Waals surface area contributed by atoms with Gasteiger partial charge in [0.25, 0.3) is 0 Å². The average molecular weight is 347 g/mol. The third-order valence-corrected chi connectivity index (χ3v) is 5.38. The molecule has 130 valence electrons. The minimum absolute atomic E-state index is 0.308. The van der Waals surface area contributed by atoms with Gasteiger partial charge in [0.15, 0.2) is 0 Å². The molecule has 1 saturated heterocycles. The highest BCUT2D eigenvalue weighted by atomic mass is 32.1. The Morgan fingerprint density at radius 3 is 3.00 bits per heavy atom. The third-order valence-electron chi connectivity index (χ3n) is 4.46. The van der Waals surface area contributed by atoms with Crippen LogP contribution >= 0.6 is 11.3 Å². The molecule has 1 atom stereocenters. The van der Waals surface area contributed by atoms with Crippen molar-refractivity contribution in [2.45, 2.75) is 32.4 Å². The van der Waals surface area contributed by atoms with Crippen LogP contribution in [0.3, 0.4) is 0 Å². The summed E-state index contributed by atoms with van der Waals surface area (Å²) < 4.78 is 5.98. The Morgan fingerprint density at radius 2 is 2.25 bits per heavy atom. The van der Waals surface area contributed by atoms with Gasteiger partial charge in [-0.3, -0.25) is 4.90 Å². The summed E-state index contributed by atoms with van der Waals surface area (Å²) in [6.07, 6.45) is 4.28. The number of rotatable bonds is 6. The van der Waals surface area contributed by atoms with Crippen LogP contribution in [0.25, 0.3) is 0 Å². The van der Waals surface area contributed by atoms with E-state index < -0.39 is 0 Å². The maximum atomic E-state index is 5.98. The molecular weight excluding hydrogens is 320 g/mol. The van der Waals surface area contributed by atoms with Gasteiger partial charge in [-0.25, -0.2) is 9.97 Å². The second-order valence-corrected chi connectivity index (χ2v) is 7.48. The maximum Gasteiger partial charge on any atom is 0.128 e. The van der Waals surface area contributed by atoms with E-state index in [0.717, 1.165) is 50.6 Å². The van der Waals surface area contributed by atoms with E-state index in [0.29, 0.717) is 6.10 Å². The summed E-state index contributed by atoms with van der Waals surface area (Å²) in [5.74, 6) is 1.01. The predicted octanol–water partition coefficient (Wildman–Crippen LogP) is 2.75. The van der Waals surface area contributed by atoms with Crippen LogP contribution in [0.15, 0.2) is 23.8 Å². The first-order chi connectivity index (χ1) is 11.6. The van der Waals surface area contributed by atoms with Crippen LogP contribution in [-0.4, -0.2) is 54.8 Å². The molecule has 2 aromatic heterocycles. The van der Waals surface area contributed by atoms with Crippen molar-refractivity contribution in [1.29, 1.82) is 0 Å². The summed E-state index contributed by atoms with van der Waals surface area (Å²) in [5, 5.41) is 0. The van der Waals surface area contributed by atoms with Gasteiger partial charge in [0, 0.05) is 44.8 Å². The zero-order valence-electron chi connectivity index (χ0n) is 14.7. The first kappa shape index (κ1) is 17.3. The molecule has 0 saturated carbocycles. The van der Waals surface area contributed by atoms with Crippen molar-refractivity contribution < 1.29 is 4.74 Å². The molecule has 0 N–H and O–H groups in total. The van der Waals surface area contributed by atoms with Crippen molar-refractivity contribution in [3.8, 4) is 0 Å². The number of aromatic nitrogens is 2. The van der Waals surface area contributed by atoms with Gasteiger partial charge in [0.2, 0.25) is 0 Å². The van der Waals surface area contributed by atoms with E-state index in [1.807, 2.05) is 30.7 Å². The van der Waals surface area contributed by atoms with Crippen LogP contribution in [0.5, 0.6) is 0 Å². The number of anilines is 1. The molecule has 1 fully saturated rings. The molecule has 0 radical (unpaired) electrons. The SMILES string of the molecule is Cc1ncsc1CN1CCO[C@@H](CCc2ccnc(N(C)C)c2)C1. The minimum atomic E-state index is 0.308. The zero-order valence-corrected chi connectivity index (χ0v) is 15.6. The summed E-state index contributed by atoms with van der Waals surface area (Å²) in [5.41, 5.74) is 4.43. The van der Waals surface area contributed by atoms with Crippen LogP contribution in [0.2, 0.25) is 0 Å². The second-order valence-electron chi connectivity index (χ2n) is 6.54. The van der Waals surface area contributed by atoms with Gasteiger partial charge in [0.1, 0.15) is 5.82 Å². The van der Waals surface area contributed by atoms with Crippen LogP contribution in [0, 0.1) is 6.92 Å². The van der Waals surface area contributed by atoms with Crippen molar-refractivity contribution in [3.05, 3.63) is 40.0 Å². The minimum Gasteiger partial charge on any atom is -0.376 e. The topological polar surface area (TPSA) is 41.5 Å². The second kappa shape index (κ2) is 8.05. The molecule has 0 aliphatic carbocycles. The van der Waals surface area contributed by atoms with Crippen LogP contribution in [-0.2, 0) is 17.7 Å². The predicted molar refractivity (Wildman–Crippen MR) is 98.8 cm³/mol. The summed E-state index contributed by atoms with van der Waals surface area (Å²) in [6.45, 7) is 5.92. The van der Waals surface area contributed by atoms with Crippen molar-refractivity contribution in [2.75, 3.05) is 38.7 Å². The van der Waals surface area contributed by atoms with Crippen LogP contribution in [0.4, 0.5) is 5.82 Å².